The number of hydrogen-bond acceptors (Lipinski definition) is 11. The van der Waals surface area contributed by atoms with Gasteiger partial charge in [0.25, 0.3) is 0 Å². The molecule has 0 aliphatic carbocycles. The van der Waals surface area contributed by atoms with E-state index in [2.05, 4.69) is 53.9 Å². The largest absolute Gasteiger partial charge is 0.509 e. The van der Waals surface area contributed by atoms with Gasteiger partial charge >= 0.3 is 6.16 Å². The lowest BCUT2D eigenvalue weighted by atomic mass is 10.6. The van der Waals surface area contributed by atoms with Crippen molar-refractivity contribution in [1.29, 1.82) is 0 Å². The summed E-state index contributed by atoms with van der Waals surface area (Å²) in [6, 6.07) is 0. The van der Waals surface area contributed by atoms with E-state index in [9.17, 15) is 4.79 Å². The van der Waals surface area contributed by atoms with Crippen molar-refractivity contribution in [2.75, 3.05) is 0 Å². The van der Waals surface area contributed by atoms with E-state index in [1.54, 1.807) is 0 Å². The average Bonchev–Trinajstić information content (AvgIpc) is 2.59. The highest BCUT2D eigenvalue weighted by atomic mass is 16.7. The number of carbonyl (C=O) groups excluding carboxylic acids is 1. The van der Waals surface area contributed by atoms with Crippen LogP contribution in [0.3, 0.4) is 0 Å². The predicted molar refractivity (Wildman–Crippen MR) is 70.4 cm³/mol. The minimum Gasteiger partial charge on any atom is -0.426 e. The van der Waals surface area contributed by atoms with Gasteiger partial charge in [0, 0.05) is 0 Å². The molecule has 2 aromatic rings. The molecule has 0 aromatic carbocycles. The first-order chi connectivity index (χ1) is 10.7. The van der Waals surface area contributed by atoms with Gasteiger partial charge in [0.1, 0.15) is 0 Å². The van der Waals surface area contributed by atoms with Crippen LogP contribution in [0.25, 0.3) is 12.2 Å². The van der Waals surface area contributed by atoms with E-state index >= 15 is 0 Å². The van der Waals surface area contributed by atoms with Crippen LogP contribution in [0.15, 0.2) is 13.2 Å². The van der Waals surface area contributed by atoms with E-state index in [1.165, 1.54) is 12.2 Å². The van der Waals surface area contributed by atoms with E-state index in [1.807, 2.05) is 0 Å². The summed E-state index contributed by atoms with van der Waals surface area (Å²) in [6.07, 6.45) is 1.82. The smallest absolute Gasteiger partial charge is 0.426 e. The van der Waals surface area contributed by atoms with Crippen molar-refractivity contribution in [1.82, 2.24) is 40.8 Å². The fourth-order valence-corrected chi connectivity index (χ4v) is 1.08. The molecule has 0 bridgehead atoms. The van der Waals surface area contributed by atoms with Gasteiger partial charge in [-0.05, 0) is 12.2 Å². The van der Waals surface area contributed by atoms with Gasteiger partial charge in [-0.1, -0.05) is 13.2 Å². The minimum atomic E-state index is -0.951. The monoisotopic (exact) mass is 302 g/mol. The Labute approximate surface area is 124 Å². The second-order valence-corrected chi connectivity index (χ2v) is 3.58. The molecule has 112 valence electrons. The third-order valence-electron chi connectivity index (χ3n) is 2.07. The van der Waals surface area contributed by atoms with Gasteiger partial charge in [0.05, 0.1) is 0 Å². The molecule has 0 N–H and O–H groups in total. The first-order valence-electron chi connectivity index (χ1n) is 5.88. The van der Waals surface area contributed by atoms with Crippen LogP contribution in [0.4, 0.5) is 4.79 Å². The standard InChI is InChI=1S/C11H10N8O3/c1-3-7-12-16-9(17-13-7)5-21-11(20)22-6-10-18-14-8(4-2)15-19-10/h3-4H,1-2,5-6H2. The van der Waals surface area contributed by atoms with Gasteiger partial charge in [-0.25, -0.2) is 4.79 Å². The van der Waals surface area contributed by atoms with Crippen LogP contribution in [0.2, 0.25) is 0 Å². The maximum atomic E-state index is 11.4. The van der Waals surface area contributed by atoms with Crippen molar-refractivity contribution in [3.05, 3.63) is 36.5 Å². The fraction of sp³-hybridized carbons (Fsp3) is 0.182. The van der Waals surface area contributed by atoms with Crippen molar-refractivity contribution in [3.8, 4) is 0 Å². The SMILES string of the molecule is C=Cc1nnc(COC(=O)OCc2nnc(C=C)nn2)nn1. The molecule has 0 saturated carbocycles. The predicted octanol–water partition coefficient (Wildman–Crippen LogP) is -0.0140. The molecule has 11 heteroatoms. The Balaban J connectivity index is 1.77. The highest BCUT2D eigenvalue weighted by Crippen LogP contribution is 1.97. The molecule has 0 amide bonds. The zero-order valence-corrected chi connectivity index (χ0v) is 11.3. The van der Waals surface area contributed by atoms with Crippen molar-refractivity contribution < 1.29 is 14.3 Å². The average molecular weight is 302 g/mol. The van der Waals surface area contributed by atoms with Gasteiger partial charge in [0.15, 0.2) is 24.9 Å². The van der Waals surface area contributed by atoms with Gasteiger partial charge in [-0.2, -0.15) is 0 Å². The Bertz CT molecular complexity index is 601. The molecule has 0 aliphatic heterocycles. The lowest BCUT2D eigenvalue weighted by Gasteiger charge is -2.03. The van der Waals surface area contributed by atoms with Crippen LogP contribution in [0.5, 0.6) is 0 Å². The number of carbonyl (C=O) groups is 1. The maximum Gasteiger partial charge on any atom is 0.509 e. The Morgan fingerprint density at radius 2 is 1.14 bits per heavy atom. The summed E-state index contributed by atoms with van der Waals surface area (Å²) >= 11 is 0. The summed E-state index contributed by atoms with van der Waals surface area (Å²) in [5, 5.41) is 29.4. The highest BCUT2D eigenvalue weighted by Gasteiger charge is 2.09. The quantitative estimate of drug-likeness (QED) is 0.665. The third kappa shape index (κ3) is 4.33. The fourth-order valence-electron chi connectivity index (χ4n) is 1.08. The third-order valence-corrected chi connectivity index (χ3v) is 2.07. The molecule has 22 heavy (non-hydrogen) atoms. The van der Waals surface area contributed by atoms with Crippen molar-refractivity contribution >= 4 is 18.3 Å². The number of hydrogen-bond donors (Lipinski definition) is 0. The molecule has 2 rings (SSSR count). The van der Waals surface area contributed by atoms with Crippen molar-refractivity contribution in [3.63, 3.8) is 0 Å². The van der Waals surface area contributed by atoms with E-state index < -0.39 is 6.16 Å². The summed E-state index contributed by atoms with van der Waals surface area (Å²) in [6.45, 7) is 6.46. The van der Waals surface area contributed by atoms with E-state index in [-0.39, 0.29) is 36.5 Å². The first-order valence-corrected chi connectivity index (χ1v) is 5.88. The number of ether oxygens (including phenoxy) is 2. The van der Waals surface area contributed by atoms with Crippen LogP contribution < -0.4 is 0 Å². The number of rotatable bonds is 6. The minimum absolute atomic E-state index is 0.123. The van der Waals surface area contributed by atoms with Crippen LogP contribution in [-0.2, 0) is 22.7 Å². The lowest BCUT2D eigenvalue weighted by Crippen LogP contribution is -2.12. The summed E-state index contributed by atoms with van der Waals surface area (Å²) in [7, 11) is 0. The van der Waals surface area contributed by atoms with E-state index in [4.69, 9.17) is 9.47 Å². The first kappa shape index (κ1) is 15.0. The molecule has 2 heterocycles. The Hall–Kier alpha value is -3.37. The maximum absolute atomic E-state index is 11.4. The number of nitrogens with zero attached hydrogens (tertiary/aromatic N) is 8. The summed E-state index contributed by atoms with van der Waals surface area (Å²) in [5.41, 5.74) is 0. The molecule has 0 saturated heterocycles. The second-order valence-electron chi connectivity index (χ2n) is 3.58. The molecule has 0 atom stereocenters. The van der Waals surface area contributed by atoms with Crippen LogP contribution in [0, 0.1) is 0 Å². The molecule has 11 nitrogen and oxygen atoms in total. The topological polar surface area (TPSA) is 139 Å². The molecule has 0 aliphatic rings. The molecular formula is C11H10N8O3. The Kier molecular flexibility index (Phi) is 5.07. The van der Waals surface area contributed by atoms with Crippen molar-refractivity contribution in [2.24, 2.45) is 0 Å². The summed E-state index contributed by atoms with van der Waals surface area (Å²) < 4.78 is 9.53. The molecule has 0 unspecified atom stereocenters. The highest BCUT2D eigenvalue weighted by molar-refractivity contribution is 5.59. The lowest BCUT2D eigenvalue weighted by molar-refractivity contribution is 0.0404. The van der Waals surface area contributed by atoms with Gasteiger partial charge in [-0.3, -0.25) is 0 Å². The van der Waals surface area contributed by atoms with E-state index in [0.29, 0.717) is 0 Å². The molecule has 0 spiro atoms. The molecule has 0 radical (unpaired) electrons. The zero-order valence-electron chi connectivity index (χ0n) is 11.3. The molecular weight excluding hydrogens is 292 g/mol. The van der Waals surface area contributed by atoms with Gasteiger partial charge in [0.2, 0.25) is 11.6 Å². The van der Waals surface area contributed by atoms with Crippen LogP contribution >= 0.6 is 0 Å². The summed E-state index contributed by atoms with van der Waals surface area (Å²) in [4.78, 5) is 11.4. The van der Waals surface area contributed by atoms with Crippen molar-refractivity contribution in [2.45, 2.75) is 13.2 Å². The normalized spacial score (nSPS) is 9.82. The van der Waals surface area contributed by atoms with E-state index in [0.717, 1.165) is 0 Å². The van der Waals surface area contributed by atoms with Crippen LogP contribution in [0.1, 0.15) is 23.3 Å². The van der Waals surface area contributed by atoms with Gasteiger partial charge < -0.3 is 9.47 Å². The van der Waals surface area contributed by atoms with Gasteiger partial charge in [-0.15, -0.1) is 40.8 Å². The summed E-state index contributed by atoms with van der Waals surface area (Å²) in [5.74, 6) is 0.785. The molecule has 2 aromatic heterocycles. The molecule has 0 fully saturated rings. The Morgan fingerprint density at radius 3 is 1.45 bits per heavy atom. The zero-order chi connectivity index (χ0) is 15.8. The van der Waals surface area contributed by atoms with Crippen LogP contribution in [-0.4, -0.2) is 46.9 Å². The number of aromatic nitrogens is 8. The Morgan fingerprint density at radius 1 is 0.773 bits per heavy atom. The second kappa shape index (κ2) is 7.42.